The first-order valence-electron chi connectivity index (χ1n) is 11.4. The zero-order valence-corrected chi connectivity index (χ0v) is 22.6. The Morgan fingerprint density at radius 2 is 1.95 bits per heavy atom. The molecule has 0 aromatic heterocycles. The number of ether oxygens (including phenoxy) is 2. The minimum Gasteiger partial charge on any atom is -0.493 e. The minimum atomic E-state index is -1.05. The number of likely N-dealkylation sites (N-methyl/N-ethyl adjacent to an activating group) is 1. The van der Waals surface area contributed by atoms with E-state index in [1.807, 2.05) is 0 Å². The Kier molecular flexibility index (Phi) is 8.22. The van der Waals surface area contributed by atoms with Crippen LogP contribution in [0.2, 0.25) is 5.02 Å². The predicted octanol–water partition coefficient (Wildman–Crippen LogP) is 6.08. The highest BCUT2D eigenvalue weighted by Gasteiger charge is 2.31. The number of nitrogens with zero attached hydrogens (tertiary/aromatic N) is 3. The lowest BCUT2D eigenvalue weighted by Crippen LogP contribution is -2.23. The first-order valence-corrected chi connectivity index (χ1v) is 12.6. The van der Waals surface area contributed by atoms with Crippen LogP contribution < -0.4 is 9.47 Å². The van der Waals surface area contributed by atoms with Crippen molar-refractivity contribution in [3.05, 3.63) is 96.9 Å². The van der Waals surface area contributed by atoms with Crippen molar-refractivity contribution in [1.82, 2.24) is 4.90 Å². The largest absolute Gasteiger partial charge is 0.493 e. The maximum Gasteiger partial charge on any atom is 0.336 e. The van der Waals surface area contributed by atoms with Gasteiger partial charge in [0.15, 0.2) is 16.7 Å². The number of carbonyl (C=O) groups is 2. The van der Waals surface area contributed by atoms with Crippen LogP contribution in [-0.4, -0.2) is 46.1 Å². The van der Waals surface area contributed by atoms with Crippen LogP contribution in [0.25, 0.3) is 6.08 Å². The van der Waals surface area contributed by atoms with Crippen LogP contribution in [0.15, 0.2) is 64.5 Å². The summed E-state index contributed by atoms with van der Waals surface area (Å²) in [6.45, 7) is 1.77. The number of benzene rings is 3. The molecule has 0 atom stereocenters. The van der Waals surface area contributed by atoms with Crippen molar-refractivity contribution in [2.45, 2.75) is 13.5 Å². The molecule has 1 saturated heterocycles. The summed E-state index contributed by atoms with van der Waals surface area (Å²) in [4.78, 5) is 41.1. The molecular weight excluding hydrogens is 546 g/mol. The van der Waals surface area contributed by atoms with Gasteiger partial charge in [-0.15, -0.1) is 0 Å². The second-order valence-corrected chi connectivity index (χ2v) is 9.79. The lowest BCUT2D eigenvalue weighted by atomic mass is 10.1. The number of rotatable bonds is 8. The van der Waals surface area contributed by atoms with Gasteiger partial charge in [0.2, 0.25) is 0 Å². The Morgan fingerprint density at radius 3 is 2.59 bits per heavy atom. The van der Waals surface area contributed by atoms with Crippen LogP contribution in [-0.2, 0) is 11.4 Å². The average molecular weight is 568 g/mol. The van der Waals surface area contributed by atoms with Crippen LogP contribution in [0.5, 0.6) is 11.5 Å². The number of carbonyl (C=O) groups excluding carboxylic acids is 1. The molecule has 0 radical (unpaired) electrons. The quantitative estimate of drug-likeness (QED) is 0.197. The molecule has 200 valence electrons. The van der Waals surface area contributed by atoms with E-state index in [-0.39, 0.29) is 28.8 Å². The fourth-order valence-electron chi connectivity index (χ4n) is 3.71. The molecule has 39 heavy (non-hydrogen) atoms. The van der Waals surface area contributed by atoms with Crippen molar-refractivity contribution in [2.24, 2.45) is 4.99 Å². The molecule has 0 saturated carbocycles. The summed E-state index contributed by atoms with van der Waals surface area (Å²) in [5.41, 5.74) is 2.37. The van der Waals surface area contributed by atoms with E-state index in [1.165, 1.54) is 30.2 Å². The molecule has 10 nitrogen and oxygen atoms in total. The number of hydrogen-bond acceptors (Lipinski definition) is 8. The van der Waals surface area contributed by atoms with E-state index >= 15 is 0 Å². The molecule has 4 rings (SSSR count). The Morgan fingerprint density at radius 1 is 1.23 bits per heavy atom. The Balaban J connectivity index is 1.57. The SMILES string of the molecule is COc1cc(/C=C2\SC(=Nc3cccc(C(=O)O)c3C)N(C)C2=O)cc(Cl)c1OCc1ccc([N+](=O)[O-])cc1. The molecule has 0 bridgehead atoms. The Bertz CT molecular complexity index is 1540. The van der Waals surface area contributed by atoms with Crippen molar-refractivity contribution >= 4 is 57.9 Å². The number of thioether (sulfide) groups is 1. The van der Waals surface area contributed by atoms with E-state index in [0.29, 0.717) is 43.9 Å². The first-order chi connectivity index (χ1) is 18.6. The highest BCUT2D eigenvalue weighted by atomic mass is 35.5. The van der Waals surface area contributed by atoms with Gasteiger partial charge in [-0.2, -0.15) is 0 Å². The van der Waals surface area contributed by atoms with Crippen LogP contribution in [0, 0.1) is 17.0 Å². The smallest absolute Gasteiger partial charge is 0.336 e. The Labute approximate surface area is 232 Å². The third kappa shape index (κ3) is 6.05. The van der Waals surface area contributed by atoms with Crippen molar-refractivity contribution in [3.63, 3.8) is 0 Å². The maximum atomic E-state index is 12.9. The van der Waals surface area contributed by atoms with E-state index in [1.54, 1.807) is 56.4 Å². The summed E-state index contributed by atoms with van der Waals surface area (Å²) < 4.78 is 11.3. The molecule has 0 aliphatic carbocycles. The highest BCUT2D eigenvalue weighted by Crippen LogP contribution is 2.40. The standard InChI is InChI=1S/C27H22ClN3O7S/c1-15-19(26(33)34)5-4-6-21(15)29-27-30(2)25(32)23(39-27)13-17-11-20(28)24(22(12-17)37-3)38-14-16-7-9-18(10-8-16)31(35)36/h4-13H,14H2,1-3H3,(H,33,34)/b23-13-,29-27?. The van der Waals surface area contributed by atoms with Gasteiger partial charge in [0.05, 0.1) is 33.2 Å². The average Bonchev–Trinajstić information content (AvgIpc) is 3.16. The highest BCUT2D eigenvalue weighted by molar-refractivity contribution is 8.18. The van der Waals surface area contributed by atoms with Crippen LogP contribution in [0.3, 0.4) is 0 Å². The fraction of sp³-hybridized carbons (Fsp3) is 0.148. The van der Waals surface area contributed by atoms with Gasteiger partial charge < -0.3 is 14.6 Å². The molecule has 1 heterocycles. The van der Waals surface area contributed by atoms with Crippen molar-refractivity contribution in [2.75, 3.05) is 14.2 Å². The van der Waals surface area contributed by atoms with Gasteiger partial charge in [-0.05, 0) is 77.9 Å². The monoisotopic (exact) mass is 567 g/mol. The first kappa shape index (κ1) is 27.7. The lowest BCUT2D eigenvalue weighted by molar-refractivity contribution is -0.384. The van der Waals surface area contributed by atoms with E-state index in [2.05, 4.69) is 4.99 Å². The summed E-state index contributed by atoms with van der Waals surface area (Å²) in [5, 5.41) is 20.9. The fourth-order valence-corrected chi connectivity index (χ4v) is 4.97. The van der Waals surface area contributed by atoms with Crippen LogP contribution >= 0.6 is 23.4 Å². The molecular formula is C27H22ClN3O7S. The van der Waals surface area contributed by atoms with Gasteiger partial charge in [-0.25, -0.2) is 9.79 Å². The van der Waals surface area contributed by atoms with E-state index < -0.39 is 10.9 Å². The van der Waals surface area contributed by atoms with Gasteiger partial charge >= 0.3 is 5.97 Å². The predicted molar refractivity (Wildman–Crippen MR) is 149 cm³/mol. The number of nitro benzene ring substituents is 1. The maximum absolute atomic E-state index is 12.9. The van der Waals surface area contributed by atoms with Crippen molar-refractivity contribution in [1.29, 1.82) is 0 Å². The number of nitro groups is 1. The van der Waals surface area contributed by atoms with Crippen LogP contribution in [0.1, 0.15) is 27.0 Å². The molecule has 1 fully saturated rings. The second-order valence-electron chi connectivity index (χ2n) is 8.37. The number of hydrogen-bond donors (Lipinski definition) is 1. The van der Waals surface area contributed by atoms with E-state index in [0.717, 1.165) is 11.8 Å². The molecule has 12 heteroatoms. The normalized spacial score (nSPS) is 15.2. The molecule has 3 aromatic carbocycles. The number of carboxylic acids is 1. The Hall–Kier alpha value is -4.35. The van der Waals surface area contributed by atoms with Crippen molar-refractivity contribution in [3.8, 4) is 11.5 Å². The topological polar surface area (TPSA) is 132 Å². The minimum absolute atomic E-state index is 0.0196. The van der Waals surface area contributed by atoms with Gasteiger partial charge in [0.25, 0.3) is 11.6 Å². The molecule has 1 amide bonds. The summed E-state index contributed by atoms with van der Waals surface area (Å²) in [6, 6.07) is 14.1. The third-order valence-corrected chi connectivity index (χ3v) is 7.18. The van der Waals surface area contributed by atoms with Crippen LogP contribution in [0.4, 0.5) is 11.4 Å². The molecule has 0 spiro atoms. The molecule has 0 unspecified atom stereocenters. The molecule has 1 aliphatic rings. The number of amides is 1. The zero-order chi connectivity index (χ0) is 28.3. The zero-order valence-electron chi connectivity index (χ0n) is 21.0. The summed E-state index contributed by atoms with van der Waals surface area (Å²) in [7, 11) is 3.05. The number of carboxylic acid groups (broad SMARTS) is 1. The summed E-state index contributed by atoms with van der Waals surface area (Å²) in [6.07, 6.45) is 1.65. The number of methoxy groups -OCH3 is 1. The molecule has 1 N–H and O–H groups in total. The number of halogens is 1. The van der Waals surface area contributed by atoms with Gasteiger partial charge in [0.1, 0.15) is 6.61 Å². The van der Waals surface area contributed by atoms with Gasteiger partial charge in [-0.1, -0.05) is 17.7 Å². The van der Waals surface area contributed by atoms with Gasteiger partial charge in [0, 0.05) is 19.2 Å². The molecule has 1 aliphatic heterocycles. The lowest BCUT2D eigenvalue weighted by Gasteiger charge is -2.13. The summed E-state index contributed by atoms with van der Waals surface area (Å²) >= 11 is 7.64. The number of non-ortho nitro benzene ring substituents is 1. The summed E-state index contributed by atoms with van der Waals surface area (Å²) in [5.74, 6) is -0.697. The number of aromatic carboxylic acids is 1. The number of amidine groups is 1. The number of aliphatic imine (C=N–C) groups is 1. The van der Waals surface area contributed by atoms with Gasteiger partial charge in [-0.3, -0.25) is 19.8 Å². The van der Waals surface area contributed by atoms with E-state index in [4.69, 9.17) is 21.1 Å². The van der Waals surface area contributed by atoms with E-state index in [9.17, 15) is 24.8 Å². The van der Waals surface area contributed by atoms with Crippen molar-refractivity contribution < 1.29 is 29.1 Å². The second kappa shape index (κ2) is 11.6. The third-order valence-electron chi connectivity index (χ3n) is 5.84. The molecule has 3 aromatic rings.